The van der Waals surface area contributed by atoms with Crippen LogP contribution in [0.2, 0.25) is 0 Å². The number of aryl methyl sites for hydroxylation is 1. The minimum Gasteiger partial charge on any atom is -0.472 e. The lowest BCUT2D eigenvalue weighted by molar-refractivity contribution is -0.130. The van der Waals surface area contributed by atoms with E-state index in [1.54, 1.807) is 24.5 Å². The molecule has 0 radical (unpaired) electrons. The Morgan fingerprint density at radius 2 is 2.11 bits per heavy atom. The molecule has 2 aromatic rings. The van der Waals surface area contributed by atoms with Crippen LogP contribution in [0, 0.1) is 0 Å². The predicted molar refractivity (Wildman–Crippen MR) is 74.4 cm³/mol. The monoisotopic (exact) mass is 258 g/mol. The maximum Gasteiger partial charge on any atom is 0.222 e. The van der Waals surface area contributed by atoms with E-state index in [9.17, 15) is 4.79 Å². The van der Waals surface area contributed by atoms with Gasteiger partial charge in [-0.1, -0.05) is 18.2 Å². The van der Waals surface area contributed by atoms with Crippen molar-refractivity contribution in [1.29, 1.82) is 0 Å². The van der Waals surface area contributed by atoms with Gasteiger partial charge in [-0.05, 0) is 24.1 Å². The van der Waals surface area contributed by atoms with Crippen molar-refractivity contribution in [2.75, 3.05) is 12.8 Å². The summed E-state index contributed by atoms with van der Waals surface area (Å²) in [6.07, 6.45) is 4.39. The SMILES string of the molecule is CN(Cc1ccoc1)C(=O)CCc1ccccc1N. The average Bonchev–Trinajstić information content (AvgIpc) is 2.90. The highest BCUT2D eigenvalue weighted by Gasteiger charge is 2.10. The van der Waals surface area contributed by atoms with E-state index in [2.05, 4.69) is 0 Å². The molecular weight excluding hydrogens is 240 g/mol. The van der Waals surface area contributed by atoms with E-state index in [0.717, 1.165) is 16.8 Å². The number of furan rings is 1. The second kappa shape index (κ2) is 6.09. The van der Waals surface area contributed by atoms with Crippen LogP contribution < -0.4 is 5.73 Å². The van der Waals surface area contributed by atoms with Crippen molar-refractivity contribution >= 4 is 11.6 Å². The third-order valence-electron chi connectivity index (χ3n) is 3.09. The highest BCUT2D eigenvalue weighted by atomic mass is 16.3. The van der Waals surface area contributed by atoms with Gasteiger partial charge in [0, 0.05) is 31.3 Å². The van der Waals surface area contributed by atoms with Crippen molar-refractivity contribution in [2.45, 2.75) is 19.4 Å². The second-order valence-electron chi connectivity index (χ2n) is 4.58. The van der Waals surface area contributed by atoms with Crippen molar-refractivity contribution in [3.8, 4) is 0 Å². The minimum atomic E-state index is 0.101. The summed E-state index contributed by atoms with van der Waals surface area (Å²) < 4.78 is 4.99. The van der Waals surface area contributed by atoms with Gasteiger partial charge in [0.1, 0.15) is 0 Å². The number of nitrogens with zero attached hydrogens (tertiary/aromatic N) is 1. The number of carbonyl (C=O) groups excluding carboxylic acids is 1. The second-order valence-corrected chi connectivity index (χ2v) is 4.58. The smallest absolute Gasteiger partial charge is 0.222 e. The molecule has 1 heterocycles. The summed E-state index contributed by atoms with van der Waals surface area (Å²) in [5, 5.41) is 0. The standard InChI is InChI=1S/C15H18N2O2/c1-17(10-12-8-9-19-11-12)15(18)7-6-13-4-2-3-5-14(13)16/h2-5,8-9,11H,6-7,10,16H2,1H3. The van der Waals surface area contributed by atoms with Crippen LogP contribution in [-0.4, -0.2) is 17.9 Å². The number of rotatable bonds is 5. The molecule has 0 atom stereocenters. The predicted octanol–water partition coefficient (Wildman–Crippen LogP) is 2.45. The van der Waals surface area contributed by atoms with Gasteiger partial charge in [0.15, 0.2) is 0 Å². The van der Waals surface area contributed by atoms with Crippen LogP contribution in [0.25, 0.3) is 0 Å². The molecule has 4 heteroatoms. The molecular formula is C15H18N2O2. The lowest BCUT2D eigenvalue weighted by atomic mass is 10.1. The summed E-state index contributed by atoms with van der Waals surface area (Å²) in [7, 11) is 1.80. The van der Waals surface area contributed by atoms with Crippen molar-refractivity contribution in [3.05, 3.63) is 54.0 Å². The fourth-order valence-electron chi connectivity index (χ4n) is 1.94. The molecule has 0 saturated carbocycles. The number of para-hydroxylation sites is 1. The van der Waals surface area contributed by atoms with Gasteiger partial charge in [-0.3, -0.25) is 4.79 Å². The summed E-state index contributed by atoms with van der Waals surface area (Å²) in [6, 6.07) is 9.50. The molecule has 0 spiro atoms. The Kier molecular flexibility index (Phi) is 4.23. The van der Waals surface area contributed by atoms with Crippen molar-refractivity contribution < 1.29 is 9.21 Å². The molecule has 0 bridgehead atoms. The van der Waals surface area contributed by atoms with Crippen molar-refractivity contribution in [3.63, 3.8) is 0 Å². The van der Waals surface area contributed by atoms with Crippen LogP contribution in [0.3, 0.4) is 0 Å². The Morgan fingerprint density at radius 3 is 2.79 bits per heavy atom. The van der Waals surface area contributed by atoms with Gasteiger partial charge < -0.3 is 15.1 Å². The number of benzene rings is 1. The quantitative estimate of drug-likeness (QED) is 0.838. The number of hydrogen-bond acceptors (Lipinski definition) is 3. The molecule has 1 amide bonds. The Labute approximate surface area is 112 Å². The number of carbonyl (C=O) groups is 1. The summed E-state index contributed by atoms with van der Waals surface area (Å²) in [5.41, 5.74) is 8.61. The van der Waals surface area contributed by atoms with E-state index in [1.807, 2.05) is 30.3 Å². The van der Waals surface area contributed by atoms with Crippen molar-refractivity contribution in [2.24, 2.45) is 0 Å². The average molecular weight is 258 g/mol. The summed E-state index contributed by atoms with van der Waals surface area (Å²) in [5.74, 6) is 0.101. The molecule has 0 aliphatic heterocycles. The number of anilines is 1. The molecule has 0 aliphatic carbocycles. The number of amides is 1. The molecule has 0 unspecified atom stereocenters. The summed E-state index contributed by atoms with van der Waals surface area (Å²) in [6.45, 7) is 0.569. The van der Waals surface area contributed by atoms with E-state index in [1.165, 1.54) is 0 Å². The Balaban J connectivity index is 1.86. The largest absolute Gasteiger partial charge is 0.472 e. The molecule has 1 aromatic carbocycles. The third kappa shape index (κ3) is 3.61. The molecule has 0 saturated heterocycles. The topological polar surface area (TPSA) is 59.5 Å². The molecule has 100 valence electrons. The molecule has 2 rings (SSSR count). The van der Waals surface area contributed by atoms with Crippen LogP contribution in [-0.2, 0) is 17.8 Å². The first kappa shape index (κ1) is 13.2. The maximum atomic E-state index is 12.0. The van der Waals surface area contributed by atoms with Gasteiger partial charge in [-0.15, -0.1) is 0 Å². The van der Waals surface area contributed by atoms with E-state index in [4.69, 9.17) is 10.2 Å². The fourth-order valence-corrected chi connectivity index (χ4v) is 1.94. The molecule has 19 heavy (non-hydrogen) atoms. The number of nitrogen functional groups attached to an aromatic ring is 1. The zero-order valence-corrected chi connectivity index (χ0v) is 11.0. The lowest BCUT2D eigenvalue weighted by Crippen LogP contribution is -2.26. The molecule has 0 aliphatic rings. The molecule has 4 nitrogen and oxygen atoms in total. The van der Waals surface area contributed by atoms with Crippen LogP contribution >= 0.6 is 0 Å². The van der Waals surface area contributed by atoms with Crippen LogP contribution in [0.5, 0.6) is 0 Å². The molecule has 2 N–H and O–H groups in total. The normalized spacial score (nSPS) is 10.4. The first-order valence-electron chi connectivity index (χ1n) is 6.25. The Bertz CT molecular complexity index is 535. The summed E-state index contributed by atoms with van der Waals surface area (Å²) >= 11 is 0. The highest BCUT2D eigenvalue weighted by molar-refractivity contribution is 5.76. The van der Waals surface area contributed by atoms with Gasteiger partial charge in [0.2, 0.25) is 5.91 Å². The van der Waals surface area contributed by atoms with Gasteiger partial charge >= 0.3 is 0 Å². The fraction of sp³-hybridized carbons (Fsp3) is 0.267. The number of nitrogens with two attached hydrogens (primary N) is 1. The van der Waals surface area contributed by atoms with Gasteiger partial charge in [-0.25, -0.2) is 0 Å². The highest BCUT2D eigenvalue weighted by Crippen LogP contribution is 2.13. The van der Waals surface area contributed by atoms with Gasteiger partial charge in [-0.2, -0.15) is 0 Å². The van der Waals surface area contributed by atoms with E-state index < -0.39 is 0 Å². The first-order chi connectivity index (χ1) is 9.16. The Morgan fingerprint density at radius 1 is 1.32 bits per heavy atom. The van der Waals surface area contributed by atoms with Crippen molar-refractivity contribution in [1.82, 2.24) is 4.90 Å². The van der Waals surface area contributed by atoms with E-state index in [-0.39, 0.29) is 5.91 Å². The number of hydrogen-bond donors (Lipinski definition) is 1. The zero-order valence-electron chi connectivity index (χ0n) is 11.0. The van der Waals surface area contributed by atoms with E-state index >= 15 is 0 Å². The zero-order chi connectivity index (χ0) is 13.7. The molecule has 0 fully saturated rings. The third-order valence-corrected chi connectivity index (χ3v) is 3.09. The summed E-state index contributed by atoms with van der Waals surface area (Å²) in [4.78, 5) is 13.7. The van der Waals surface area contributed by atoms with Gasteiger partial charge in [0.05, 0.1) is 12.5 Å². The van der Waals surface area contributed by atoms with Crippen LogP contribution in [0.15, 0.2) is 47.3 Å². The van der Waals surface area contributed by atoms with Crippen LogP contribution in [0.4, 0.5) is 5.69 Å². The van der Waals surface area contributed by atoms with E-state index in [0.29, 0.717) is 19.4 Å². The molecule has 1 aromatic heterocycles. The van der Waals surface area contributed by atoms with Crippen LogP contribution in [0.1, 0.15) is 17.5 Å². The first-order valence-corrected chi connectivity index (χ1v) is 6.25. The lowest BCUT2D eigenvalue weighted by Gasteiger charge is -2.16. The van der Waals surface area contributed by atoms with Gasteiger partial charge in [0.25, 0.3) is 0 Å². The Hall–Kier alpha value is -2.23. The maximum absolute atomic E-state index is 12.0. The minimum absolute atomic E-state index is 0.101.